The molecule has 3 heteroatoms. The molecule has 3 nitrogen and oxygen atoms in total. The first-order chi connectivity index (χ1) is 9.54. The standard InChI is InChI=1S/C17H34O3/c1-5-7-8-9-10-11-12-18-13-17(6-2)14-19-16(3,4)20-15-17/h5-15H2,1-4H3. The van der Waals surface area contributed by atoms with Crippen LogP contribution in [0.4, 0.5) is 0 Å². The first kappa shape index (κ1) is 17.9. The zero-order valence-corrected chi connectivity index (χ0v) is 14.0. The van der Waals surface area contributed by atoms with Gasteiger partial charge in [-0.05, 0) is 26.7 Å². The number of hydrogen-bond acceptors (Lipinski definition) is 3. The van der Waals surface area contributed by atoms with Crippen molar-refractivity contribution in [3.8, 4) is 0 Å². The number of unbranched alkanes of at least 4 members (excludes halogenated alkanes) is 5. The normalized spacial score (nSPS) is 21.0. The van der Waals surface area contributed by atoms with Crippen LogP contribution in [0.3, 0.4) is 0 Å². The lowest BCUT2D eigenvalue weighted by Gasteiger charge is -2.42. The molecule has 0 aromatic carbocycles. The van der Waals surface area contributed by atoms with Gasteiger partial charge < -0.3 is 14.2 Å². The van der Waals surface area contributed by atoms with Crippen molar-refractivity contribution in [2.75, 3.05) is 26.4 Å². The Morgan fingerprint density at radius 1 is 0.900 bits per heavy atom. The zero-order valence-electron chi connectivity index (χ0n) is 14.0. The molecule has 0 aromatic rings. The van der Waals surface area contributed by atoms with Crippen LogP contribution in [0.5, 0.6) is 0 Å². The minimum atomic E-state index is -0.433. The smallest absolute Gasteiger partial charge is 0.162 e. The Bertz CT molecular complexity index is 241. The van der Waals surface area contributed by atoms with E-state index in [0.29, 0.717) is 0 Å². The van der Waals surface area contributed by atoms with Crippen molar-refractivity contribution in [2.24, 2.45) is 5.41 Å². The summed E-state index contributed by atoms with van der Waals surface area (Å²) in [5, 5.41) is 0. The van der Waals surface area contributed by atoms with Crippen LogP contribution in [-0.4, -0.2) is 32.2 Å². The van der Waals surface area contributed by atoms with Crippen LogP contribution >= 0.6 is 0 Å². The van der Waals surface area contributed by atoms with Gasteiger partial charge in [0.2, 0.25) is 0 Å². The highest BCUT2D eigenvalue weighted by molar-refractivity contribution is 4.82. The van der Waals surface area contributed by atoms with E-state index in [0.717, 1.165) is 32.8 Å². The highest BCUT2D eigenvalue weighted by Gasteiger charge is 2.39. The van der Waals surface area contributed by atoms with Gasteiger partial charge in [0, 0.05) is 12.0 Å². The lowest BCUT2D eigenvalue weighted by molar-refractivity contribution is -0.292. The quantitative estimate of drug-likeness (QED) is 0.552. The van der Waals surface area contributed by atoms with Gasteiger partial charge in [0.25, 0.3) is 0 Å². The largest absolute Gasteiger partial charge is 0.381 e. The molecule has 1 heterocycles. The van der Waals surface area contributed by atoms with Gasteiger partial charge in [-0.3, -0.25) is 0 Å². The first-order valence-corrected chi connectivity index (χ1v) is 8.39. The summed E-state index contributed by atoms with van der Waals surface area (Å²) in [6.45, 7) is 11.5. The fourth-order valence-corrected chi connectivity index (χ4v) is 2.40. The molecule has 0 unspecified atom stereocenters. The van der Waals surface area contributed by atoms with Crippen LogP contribution < -0.4 is 0 Å². The summed E-state index contributed by atoms with van der Waals surface area (Å²) in [5.74, 6) is -0.433. The molecule has 0 N–H and O–H groups in total. The van der Waals surface area contributed by atoms with E-state index < -0.39 is 5.79 Å². The summed E-state index contributed by atoms with van der Waals surface area (Å²) in [4.78, 5) is 0. The highest BCUT2D eigenvalue weighted by atomic mass is 16.7. The van der Waals surface area contributed by atoms with E-state index >= 15 is 0 Å². The second-order valence-electron chi connectivity index (χ2n) is 6.65. The third kappa shape index (κ3) is 6.55. The predicted octanol–water partition coefficient (Wildman–Crippen LogP) is 4.54. The molecular weight excluding hydrogens is 252 g/mol. The summed E-state index contributed by atoms with van der Waals surface area (Å²) in [7, 11) is 0. The van der Waals surface area contributed by atoms with Gasteiger partial charge in [-0.25, -0.2) is 0 Å². The topological polar surface area (TPSA) is 27.7 Å². The van der Waals surface area contributed by atoms with Crippen molar-refractivity contribution >= 4 is 0 Å². The maximum atomic E-state index is 5.88. The van der Waals surface area contributed by atoms with Gasteiger partial charge in [0.15, 0.2) is 5.79 Å². The monoisotopic (exact) mass is 286 g/mol. The average molecular weight is 286 g/mol. The number of ether oxygens (including phenoxy) is 3. The molecule has 0 amide bonds. The summed E-state index contributed by atoms with van der Waals surface area (Å²) >= 11 is 0. The van der Waals surface area contributed by atoms with Crippen LogP contribution in [0, 0.1) is 5.41 Å². The highest BCUT2D eigenvalue weighted by Crippen LogP contribution is 2.32. The Morgan fingerprint density at radius 2 is 1.50 bits per heavy atom. The van der Waals surface area contributed by atoms with Crippen LogP contribution in [0.25, 0.3) is 0 Å². The van der Waals surface area contributed by atoms with Gasteiger partial charge in [-0.2, -0.15) is 0 Å². The van der Waals surface area contributed by atoms with Crippen molar-refractivity contribution in [1.29, 1.82) is 0 Å². The summed E-state index contributed by atoms with van der Waals surface area (Å²) < 4.78 is 17.5. The fraction of sp³-hybridized carbons (Fsp3) is 1.00. The molecular formula is C17H34O3. The van der Waals surface area contributed by atoms with E-state index in [-0.39, 0.29) is 5.41 Å². The number of hydrogen-bond donors (Lipinski definition) is 0. The van der Waals surface area contributed by atoms with E-state index in [1.165, 1.54) is 38.5 Å². The zero-order chi connectivity index (χ0) is 14.9. The molecule has 1 saturated heterocycles. The lowest BCUT2D eigenvalue weighted by atomic mass is 9.87. The van der Waals surface area contributed by atoms with Gasteiger partial charge in [-0.1, -0.05) is 46.0 Å². The molecule has 0 radical (unpaired) electrons. The van der Waals surface area contributed by atoms with Gasteiger partial charge in [-0.15, -0.1) is 0 Å². The van der Waals surface area contributed by atoms with E-state index in [2.05, 4.69) is 13.8 Å². The Hall–Kier alpha value is -0.120. The molecule has 0 atom stereocenters. The Kier molecular flexibility index (Phi) is 8.08. The predicted molar refractivity (Wildman–Crippen MR) is 82.9 cm³/mol. The van der Waals surface area contributed by atoms with Gasteiger partial charge in [0.1, 0.15) is 0 Å². The van der Waals surface area contributed by atoms with Crippen LogP contribution in [0.15, 0.2) is 0 Å². The lowest BCUT2D eigenvalue weighted by Crippen LogP contribution is -2.48. The summed E-state index contributed by atoms with van der Waals surface area (Å²) in [6, 6.07) is 0. The Balaban J connectivity index is 2.10. The molecule has 0 aromatic heterocycles. The molecule has 0 bridgehead atoms. The van der Waals surface area contributed by atoms with Crippen molar-refractivity contribution in [3.63, 3.8) is 0 Å². The van der Waals surface area contributed by atoms with E-state index in [9.17, 15) is 0 Å². The van der Waals surface area contributed by atoms with Crippen molar-refractivity contribution < 1.29 is 14.2 Å². The molecule has 0 saturated carbocycles. The van der Waals surface area contributed by atoms with Crippen LogP contribution in [0.2, 0.25) is 0 Å². The van der Waals surface area contributed by atoms with E-state index in [1.807, 2.05) is 13.8 Å². The summed E-state index contributed by atoms with van der Waals surface area (Å²) in [6.07, 6.45) is 8.90. The van der Waals surface area contributed by atoms with Crippen molar-refractivity contribution in [2.45, 2.75) is 78.4 Å². The second kappa shape index (κ2) is 9.01. The average Bonchev–Trinajstić information content (AvgIpc) is 2.44. The third-order valence-corrected chi connectivity index (χ3v) is 4.25. The molecule has 20 heavy (non-hydrogen) atoms. The SMILES string of the molecule is CCCCCCCCOCC1(CC)COC(C)(C)OC1. The maximum Gasteiger partial charge on any atom is 0.162 e. The van der Waals surface area contributed by atoms with E-state index in [4.69, 9.17) is 14.2 Å². The van der Waals surface area contributed by atoms with Crippen molar-refractivity contribution in [3.05, 3.63) is 0 Å². The second-order valence-corrected chi connectivity index (χ2v) is 6.65. The minimum absolute atomic E-state index is 0.0533. The Morgan fingerprint density at radius 3 is 2.10 bits per heavy atom. The summed E-state index contributed by atoms with van der Waals surface area (Å²) in [5.41, 5.74) is 0.0533. The van der Waals surface area contributed by atoms with E-state index in [1.54, 1.807) is 0 Å². The van der Waals surface area contributed by atoms with Crippen molar-refractivity contribution in [1.82, 2.24) is 0 Å². The third-order valence-electron chi connectivity index (χ3n) is 4.25. The number of rotatable bonds is 10. The molecule has 0 aliphatic carbocycles. The first-order valence-electron chi connectivity index (χ1n) is 8.39. The fourth-order valence-electron chi connectivity index (χ4n) is 2.40. The molecule has 1 aliphatic rings. The molecule has 1 rings (SSSR count). The van der Waals surface area contributed by atoms with Gasteiger partial charge in [0.05, 0.1) is 19.8 Å². The van der Waals surface area contributed by atoms with Crippen LogP contribution in [-0.2, 0) is 14.2 Å². The molecule has 1 fully saturated rings. The molecule has 1 aliphatic heterocycles. The van der Waals surface area contributed by atoms with Crippen LogP contribution in [0.1, 0.15) is 72.6 Å². The molecule has 120 valence electrons. The van der Waals surface area contributed by atoms with Gasteiger partial charge >= 0.3 is 0 Å². The minimum Gasteiger partial charge on any atom is -0.381 e. The Labute approximate surface area is 125 Å². The molecule has 0 spiro atoms. The maximum absolute atomic E-state index is 5.88.